The third-order valence-electron chi connectivity index (χ3n) is 5.10. The number of benzene rings is 2. The molecule has 1 fully saturated rings. The molecule has 2 aliphatic heterocycles. The SMILES string of the molecule is COc1ccc(N2CCOc3cc(C(=O)N4CCCCC4)ccc32)cc1. The molecule has 136 valence electrons. The fourth-order valence-corrected chi connectivity index (χ4v) is 3.66. The van der Waals surface area contributed by atoms with Crippen LogP contribution in [-0.4, -0.2) is 44.2 Å². The number of ether oxygens (including phenoxy) is 2. The molecule has 5 heteroatoms. The number of rotatable bonds is 3. The van der Waals surface area contributed by atoms with Crippen molar-refractivity contribution in [2.24, 2.45) is 0 Å². The van der Waals surface area contributed by atoms with Crippen molar-refractivity contribution in [1.82, 2.24) is 4.90 Å². The van der Waals surface area contributed by atoms with Crippen LogP contribution in [-0.2, 0) is 0 Å². The van der Waals surface area contributed by atoms with E-state index in [0.29, 0.717) is 12.2 Å². The van der Waals surface area contributed by atoms with Crippen LogP contribution in [0.3, 0.4) is 0 Å². The Hall–Kier alpha value is -2.69. The van der Waals surface area contributed by atoms with E-state index in [9.17, 15) is 4.79 Å². The van der Waals surface area contributed by atoms with E-state index in [1.807, 2.05) is 47.4 Å². The molecule has 0 saturated carbocycles. The maximum atomic E-state index is 12.8. The molecule has 0 unspecified atom stereocenters. The van der Waals surface area contributed by atoms with Gasteiger partial charge in [0.05, 0.1) is 19.3 Å². The molecule has 5 nitrogen and oxygen atoms in total. The van der Waals surface area contributed by atoms with Crippen LogP contribution in [0.15, 0.2) is 42.5 Å². The van der Waals surface area contributed by atoms with Crippen molar-refractivity contribution in [3.63, 3.8) is 0 Å². The van der Waals surface area contributed by atoms with Gasteiger partial charge in [-0.15, -0.1) is 0 Å². The summed E-state index contributed by atoms with van der Waals surface area (Å²) in [4.78, 5) is 16.9. The lowest BCUT2D eigenvalue weighted by Crippen LogP contribution is -2.35. The molecular formula is C21H24N2O3. The normalized spacial score (nSPS) is 16.7. The molecule has 2 aliphatic rings. The minimum absolute atomic E-state index is 0.109. The van der Waals surface area contributed by atoms with Crippen LogP contribution < -0.4 is 14.4 Å². The van der Waals surface area contributed by atoms with Crippen LogP contribution in [0, 0.1) is 0 Å². The van der Waals surface area contributed by atoms with Gasteiger partial charge in [-0.3, -0.25) is 4.79 Å². The van der Waals surface area contributed by atoms with Crippen molar-refractivity contribution in [1.29, 1.82) is 0 Å². The minimum Gasteiger partial charge on any atom is -0.497 e. The number of methoxy groups -OCH3 is 1. The number of fused-ring (bicyclic) bond motifs is 1. The Kier molecular flexibility index (Phi) is 4.69. The lowest BCUT2D eigenvalue weighted by Gasteiger charge is -2.32. The van der Waals surface area contributed by atoms with Crippen LogP contribution in [0.1, 0.15) is 29.6 Å². The summed E-state index contributed by atoms with van der Waals surface area (Å²) in [7, 11) is 1.67. The van der Waals surface area contributed by atoms with Gasteiger partial charge in [0, 0.05) is 24.3 Å². The summed E-state index contributed by atoms with van der Waals surface area (Å²) >= 11 is 0. The zero-order chi connectivity index (χ0) is 17.9. The van der Waals surface area contributed by atoms with Crippen molar-refractivity contribution in [2.75, 3.05) is 38.3 Å². The zero-order valence-corrected chi connectivity index (χ0v) is 15.1. The van der Waals surface area contributed by atoms with E-state index in [-0.39, 0.29) is 5.91 Å². The van der Waals surface area contributed by atoms with E-state index in [0.717, 1.165) is 55.3 Å². The van der Waals surface area contributed by atoms with Gasteiger partial charge in [0.15, 0.2) is 0 Å². The first-order valence-corrected chi connectivity index (χ1v) is 9.24. The van der Waals surface area contributed by atoms with Crippen molar-refractivity contribution in [3.8, 4) is 11.5 Å². The van der Waals surface area contributed by atoms with Gasteiger partial charge in [-0.25, -0.2) is 0 Å². The highest BCUT2D eigenvalue weighted by atomic mass is 16.5. The second-order valence-corrected chi connectivity index (χ2v) is 6.73. The van der Waals surface area contributed by atoms with Crippen molar-refractivity contribution >= 4 is 17.3 Å². The molecule has 1 amide bonds. The van der Waals surface area contributed by atoms with Crippen LogP contribution >= 0.6 is 0 Å². The Balaban J connectivity index is 1.59. The van der Waals surface area contributed by atoms with Crippen LogP contribution in [0.2, 0.25) is 0 Å². The highest BCUT2D eigenvalue weighted by Gasteiger charge is 2.23. The predicted molar refractivity (Wildman–Crippen MR) is 102 cm³/mol. The second kappa shape index (κ2) is 7.28. The van der Waals surface area contributed by atoms with Gasteiger partial charge in [-0.2, -0.15) is 0 Å². The zero-order valence-electron chi connectivity index (χ0n) is 15.1. The molecule has 0 N–H and O–H groups in total. The lowest BCUT2D eigenvalue weighted by molar-refractivity contribution is 0.0724. The standard InChI is InChI=1S/C21H24N2O3/c1-25-18-8-6-17(7-9-18)23-13-14-26-20-15-16(5-10-19(20)23)21(24)22-11-3-2-4-12-22/h5-10,15H,2-4,11-14H2,1H3. The topological polar surface area (TPSA) is 42.0 Å². The van der Waals surface area contributed by atoms with Gasteiger partial charge in [0.25, 0.3) is 5.91 Å². The summed E-state index contributed by atoms with van der Waals surface area (Å²) in [6.07, 6.45) is 3.41. The average Bonchev–Trinajstić information content (AvgIpc) is 2.73. The van der Waals surface area contributed by atoms with Crippen LogP contribution in [0.5, 0.6) is 11.5 Å². The summed E-state index contributed by atoms with van der Waals surface area (Å²) < 4.78 is 11.1. The van der Waals surface area contributed by atoms with Crippen molar-refractivity contribution in [2.45, 2.75) is 19.3 Å². The Labute approximate surface area is 154 Å². The maximum Gasteiger partial charge on any atom is 0.253 e. The van der Waals surface area contributed by atoms with Crippen LogP contribution in [0.25, 0.3) is 0 Å². The van der Waals surface area contributed by atoms with Gasteiger partial charge in [0.1, 0.15) is 18.1 Å². The van der Waals surface area contributed by atoms with E-state index in [2.05, 4.69) is 4.90 Å². The van der Waals surface area contributed by atoms with Gasteiger partial charge in [-0.05, 0) is 61.7 Å². The summed E-state index contributed by atoms with van der Waals surface area (Å²) in [5.41, 5.74) is 2.80. The number of anilines is 2. The van der Waals surface area contributed by atoms with Gasteiger partial charge in [0.2, 0.25) is 0 Å². The lowest BCUT2D eigenvalue weighted by atomic mass is 10.1. The number of piperidine rings is 1. The Morgan fingerprint density at radius 3 is 2.50 bits per heavy atom. The first-order chi connectivity index (χ1) is 12.8. The molecular weight excluding hydrogens is 328 g/mol. The molecule has 2 aromatic rings. The quantitative estimate of drug-likeness (QED) is 0.841. The number of carbonyl (C=O) groups is 1. The van der Waals surface area contributed by atoms with Crippen LogP contribution in [0.4, 0.5) is 11.4 Å². The Morgan fingerprint density at radius 2 is 1.77 bits per heavy atom. The number of hydrogen-bond donors (Lipinski definition) is 0. The molecule has 1 saturated heterocycles. The summed E-state index contributed by atoms with van der Waals surface area (Å²) in [5, 5.41) is 0. The fraction of sp³-hybridized carbons (Fsp3) is 0.381. The summed E-state index contributed by atoms with van der Waals surface area (Å²) in [5.74, 6) is 1.72. The first kappa shape index (κ1) is 16.8. The van der Waals surface area contributed by atoms with Gasteiger partial charge >= 0.3 is 0 Å². The molecule has 4 rings (SSSR count). The maximum absolute atomic E-state index is 12.8. The highest BCUT2D eigenvalue weighted by molar-refractivity contribution is 5.95. The molecule has 2 heterocycles. The molecule has 0 aliphatic carbocycles. The molecule has 0 radical (unpaired) electrons. The number of carbonyl (C=O) groups excluding carboxylic acids is 1. The minimum atomic E-state index is 0.109. The molecule has 0 aromatic heterocycles. The average molecular weight is 352 g/mol. The number of nitrogens with zero attached hydrogens (tertiary/aromatic N) is 2. The van der Waals surface area contributed by atoms with Crippen molar-refractivity contribution < 1.29 is 14.3 Å². The fourth-order valence-electron chi connectivity index (χ4n) is 3.66. The summed E-state index contributed by atoms with van der Waals surface area (Å²) in [6, 6.07) is 13.8. The predicted octanol–water partition coefficient (Wildman–Crippen LogP) is 3.85. The van der Waals surface area contributed by atoms with E-state index in [1.165, 1.54) is 6.42 Å². The monoisotopic (exact) mass is 352 g/mol. The number of likely N-dealkylation sites (tertiary alicyclic amines) is 1. The smallest absolute Gasteiger partial charge is 0.253 e. The van der Waals surface area contributed by atoms with E-state index >= 15 is 0 Å². The van der Waals surface area contributed by atoms with E-state index in [1.54, 1.807) is 7.11 Å². The molecule has 26 heavy (non-hydrogen) atoms. The first-order valence-electron chi connectivity index (χ1n) is 9.24. The van der Waals surface area contributed by atoms with Gasteiger partial charge in [-0.1, -0.05) is 0 Å². The highest BCUT2D eigenvalue weighted by Crippen LogP contribution is 2.38. The molecule has 0 bridgehead atoms. The van der Waals surface area contributed by atoms with Crippen molar-refractivity contribution in [3.05, 3.63) is 48.0 Å². The van der Waals surface area contributed by atoms with E-state index < -0.39 is 0 Å². The largest absolute Gasteiger partial charge is 0.497 e. The Morgan fingerprint density at radius 1 is 1.00 bits per heavy atom. The molecule has 0 atom stereocenters. The van der Waals surface area contributed by atoms with Gasteiger partial charge < -0.3 is 19.3 Å². The third kappa shape index (κ3) is 3.21. The summed E-state index contributed by atoms with van der Waals surface area (Å²) in [6.45, 7) is 3.09. The number of hydrogen-bond acceptors (Lipinski definition) is 4. The second-order valence-electron chi connectivity index (χ2n) is 6.73. The molecule has 0 spiro atoms. The third-order valence-corrected chi connectivity index (χ3v) is 5.10. The molecule has 2 aromatic carbocycles. The Bertz CT molecular complexity index is 782. The van der Waals surface area contributed by atoms with E-state index in [4.69, 9.17) is 9.47 Å². The number of amides is 1.